The summed E-state index contributed by atoms with van der Waals surface area (Å²) in [6.45, 7) is 10.4. The number of carbonyl (C=O) groups excluding carboxylic acids is 4. The molecule has 2 atom stereocenters. The van der Waals surface area contributed by atoms with Crippen LogP contribution >= 0.6 is 0 Å². The second-order valence-corrected chi connectivity index (χ2v) is 18.4. The fraction of sp³-hybridized carbons (Fsp3) is 0.400. The van der Waals surface area contributed by atoms with E-state index in [9.17, 15) is 38.0 Å². The maximum atomic E-state index is 13.6. The number of carbonyl (C=O) groups is 4. The SMILES string of the molecule is CC(C)(O)Cn1cc(-c2nc(Nc3ccc(S(=O)(=O)NCC(C)(C)CCC4(C)CN4c4cccc5c4C(=O)N(C4CCC(=O)NC4=O)C5=O)cc3)ncc2C#N)cn1. The zero-order chi connectivity index (χ0) is 41.8. The van der Waals surface area contributed by atoms with Crippen LogP contribution in [0.4, 0.5) is 17.3 Å². The molecule has 58 heavy (non-hydrogen) atoms. The Labute approximate surface area is 335 Å². The quantitative estimate of drug-likeness (QED) is 0.106. The first-order valence-corrected chi connectivity index (χ1v) is 20.3. The minimum atomic E-state index is -3.88. The molecule has 4 N–H and O–H groups in total. The Bertz CT molecular complexity index is 2490. The molecule has 302 valence electrons. The highest BCUT2D eigenvalue weighted by molar-refractivity contribution is 7.89. The Hall–Kier alpha value is -6.03. The van der Waals surface area contributed by atoms with Gasteiger partial charge in [-0.05, 0) is 81.8 Å². The number of aliphatic hydroxyl groups is 1. The average molecular weight is 809 g/mol. The van der Waals surface area contributed by atoms with Gasteiger partial charge in [-0.3, -0.25) is 34.1 Å². The summed E-state index contributed by atoms with van der Waals surface area (Å²) >= 11 is 0. The molecule has 4 amide bonds. The number of sulfonamides is 1. The van der Waals surface area contributed by atoms with Gasteiger partial charge in [0.1, 0.15) is 12.1 Å². The predicted molar refractivity (Wildman–Crippen MR) is 211 cm³/mol. The van der Waals surface area contributed by atoms with Crippen molar-refractivity contribution < 1.29 is 32.7 Å². The number of benzene rings is 2. The Balaban J connectivity index is 0.952. The van der Waals surface area contributed by atoms with Crippen LogP contribution in [0.15, 0.2) is 66.0 Å². The van der Waals surface area contributed by atoms with E-state index >= 15 is 0 Å². The van der Waals surface area contributed by atoms with Crippen LogP contribution in [0.2, 0.25) is 0 Å². The molecule has 0 aliphatic carbocycles. The Morgan fingerprint density at radius 2 is 1.79 bits per heavy atom. The summed E-state index contributed by atoms with van der Waals surface area (Å²) in [5.41, 5.74) is 0.962. The van der Waals surface area contributed by atoms with Crippen molar-refractivity contribution in [2.45, 2.75) is 88.9 Å². The van der Waals surface area contributed by atoms with Crippen molar-refractivity contribution in [3.8, 4) is 17.3 Å². The Morgan fingerprint density at radius 1 is 1.05 bits per heavy atom. The molecule has 2 saturated heterocycles. The van der Waals surface area contributed by atoms with E-state index in [0.717, 1.165) is 4.90 Å². The van der Waals surface area contributed by atoms with Crippen LogP contribution in [0.25, 0.3) is 11.3 Å². The topological polar surface area (TPSA) is 232 Å². The number of aromatic nitrogens is 4. The van der Waals surface area contributed by atoms with Gasteiger partial charge in [-0.15, -0.1) is 0 Å². The van der Waals surface area contributed by atoms with E-state index in [0.29, 0.717) is 42.0 Å². The smallest absolute Gasteiger partial charge is 0.264 e. The first-order valence-electron chi connectivity index (χ1n) is 18.8. The van der Waals surface area contributed by atoms with Gasteiger partial charge in [-0.2, -0.15) is 10.4 Å². The number of hydrogen-bond acceptors (Lipinski definition) is 13. The lowest BCUT2D eigenvalue weighted by Crippen LogP contribution is -2.54. The second kappa shape index (κ2) is 14.7. The van der Waals surface area contributed by atoms with Crippen LogP contribution in [0.3, 0.4) is 0 Å². The number of anilines is 3. The van der Waals surface area contributed by atoms with Gasteiger partial charge in [0, 0.05) is 37.0 Å². The van der Waals surface area contributed by atoms with Crippen LogP contribution in [0.5, 0.6) is 0 Å². The van der Waals surface area contributed by atoms with Gasteiger partial charge >= 0.3 is 0 Å². The molecule has 2 aromatic carbocycles. The van der Waals surface area contributed by atoms with E-state index in [1.54, 1.807) is 61.3 Å². The van der Waals surface area contributed by atoms with Crippen LogP contribution in [0, 0.1) is 16.7 Å². The summed E-state index contributed by atoms with van der Waals surface area (Å²) in [4.78, 5) is 63.1. The lowest BCUT2D eigenvalue weighted by atomic mass is 9.85. The van der Waals surface area contributed by atoms with Crippen LogP contribution in [-0.4, -0.2) is 92.1 Å². The molecule has 3 aliphatic rings. The van der Waals surface area contributed by atoms with Gasteiger partial charge in [0.05, 0.1) is 63.0 Å². The van der Waals surface area contributed by atoms with Crippen LogP contribution in [0.1, 0.15) is 86.6 Å². The third-order valence-electron chi connectivity index (χ3n) is 10.7. The molecular weight excluding hydrogens is 765 g/mol. The zero-order valence-corrected chi connectivity index (χ0v) is 33.6. The summed E-state index contributed by atoms with van der Waals surface area (Å²) < 4.78 is 31.1. The molecular formula is C40H44N10O7S. The molecule has 5 heterocycles. The molecule has 17 nitrogen and oxygen atoms in total. The number of rotatable bonds is 14. The van der Waals surface area contributed by atoms with Crippen molar-refractivity contribution in [1.82, 2.24) is 34.7 Å². The zero-order valence-electron chi connectivity index (χ0n) is 32.7. The Morgan fingerprint density at radius 3 is 2.48 bits per heavy atom. The lowest BCUT2D eigenvalue weighted by Gasteiger charge is -2.28. The fourth-order valence-electron chi connectivity index (χ4n) is 7.25. The summed E-state index contributed by atoms with van der Waals surface area (Å²) in [6.07, 6.45) is 6.05. The van der Waals surface area contributed by atoms with Gasteiger partial charge in [0.15, 0.2) is 0 Å². The molecule has 3 aliphatic heterocycles. The van der Waals surface area contributed by atoms with E-state index in [-0.39, 0.29) is 59.0 Å². The number of amides is 4. The molecule has 2 aromatic heterocycles. The highest BCUT2D eigenvalue weighted by atomic mass is 32.2. The molecule has 2 unspecified atom stereocenters. The van der Waals surface area contributed by atoms with E-state index in [1.165, 1.54) is 18.3 Å². The highest BCUT2D eigenvalue weighted by Crippen LogP contribution is 2.47. The van der Waals surface area contributed by atoms with Crippen molar-refractivity contribution in [3.05, 3.63) is 77.7 Å². The number of piperidine rings is 1. The maximum Gasteiger partial charge on any atom is 0.264 e. The first kappa shape index (κ1) is 40.2. The summed E-state index contributed by atoms with van der Waals surface area (Å²) in [6, 6.07) is 12.2. The number of nitriles is 1. The van der Waals surface area contributed by atoms with E-state index in [4.69, 9.17) is 0 Å². The van der Waals surface area contributed by atoms with E-state index < -0.39 is 50.7 Å². The number of nitrogens with one attached hydrogen (secondary N) is 3. The van der Waals surface area contributed by atoms with Gasteiger partial charge < -0.3 is 15.3 Å². The van der Waals surface area contributed by atoms with Gasteiger partial charge in [0.25, 0.3) is 11.8 Å². The summed E-state index contributed by atoms with van der Waals surface area (Å²) in [5, 5.41) is 29.3. The maximum absolute atomic E-state index is 13.6. The number of nitrogens with zero attached hydrogens (tertiary/aromatic N) is 7. The third-order valence-corrected chi connectivity index (χ3v) is 12.1. The molecule has 18 heteroatoms. The standard InChI is InChI=1S/C40H44N10O7S/c1-38(2,15-16-40(5)23-49(40)29-8-6-7-28-32(29)36(54)50(35(28)53)30-13-14-31(51)46-34(30)52)21-44-58(56,57)27-11-9-26(10-12-27)45-37-42-18-24(17-41)33(47-37)25-19-43-48(20-25)22-39(3,4)55/h6-12,18-20,30,44,55H,13-16,21-23H2,1-5H3,(H,42,45,47)(H,46,51,52). The number of hydrogen-bond donors (Lipinski definition) is 4. The largest absolute Gasteiger partial charge is 0.389 e. The first-order chi connectivity index (χ1) is 27.3. The average Bonchev–Trinajstić information content (AvgIpc) is 3.50. The normalized spacial score (nSPS) is 19.6. The van der Waals surface area contributed by atoms with Crippen molar-refractivity contribution >= 4 is 51.0 Å². The Kier molecular flexibility index (Phi) is 10.2. The molecule has 0 radical (unpaired) electrons. The van der Waals surface area contributed by atoms with Crippen molar-refractivity contribution in [2.75, 3.05) is 23.3 Å². The minimum Gasteiger partial charge on any atom is -0.389 e. The molecule has 2 fully saturated rings. The second-order valence-electron chi connectivity index (χ2n) is 16.7. The minimum absolute atomic E-state index is 0.0386. The van der Waals surface area contributed by atoms with E-state index in [1.807, 2.05) is 13.8 Å². The van der Waals surface area contributed by atoms with Crippen molar-refractivity contribution in [3.63, 3.8) is 0 Å². The van der Waals surface area contributed by atoms with Gasteiger partial charge in [0.2, 0.25) is 27.8 Å². The number of imide groups is 2. The van der Waals surface area contributed by atoms with Crippen molar-refractivity contribution in [2.24, 2.45) is 5.41 Å². The lowest BCUT2D eigenvalue weighted by molar-refractivity contribution is -0.136. The summed E-state index contributed by atoms with van der Waals surface area (Å²) in [5.74, 6) is -2.02. The van der Waals surface area contributed by atoms with Gasteiger partial charge in [-0.1, -0.05) is 19.9 Å². The molecule has 0 spiro atoms. The molecule has 0 saturated carbocycles. The highest BCUT2D eigenvalue weighted by Gasteiger charge is 2.52. The third kappa shape index (κ3) is 8.19. The number of fused-ring (bicyclic) bond motifs is 1. The van der Waals surface area contributed by atoms with Gasteiger partial charge in [-0.25, -0.2) is 23.1 Å². The molecule has 7 rings (SSSR count). The summed E-state index contributed by atoms with van der Waals surface area (Å²) in [7, 11) is -3.88. The van der Waals surface area contributed by atoms with Crippen LogP contribution in [-0.2, 0) is 26.2 Å². The fourth-order valence-corrected chi connectivity index (χ4v) is 8.49. The van der Waals surface area contributed by atoms with Crippen LogP contribution < -0.4 is 20.3 Å². The van der Waals surface area contributed by atoms with Crippen molar-refractivity contribution in [1.29, 1.82) is 5.26 Å². The predicted octanol–water partition coefficient (Wildman–Crippen LogP) is 3.49. The molecule has 0 bridgehead atoms. The monoisotopic (exact) mass is 808 g/mol. The van der Waals surface area contributed by atoms with E-state index in [2.05, 4.69) is 48.3 Å². The molecule has 4 aromatic rings.